The minimum atomic E-state index is -3.89. The molecule has 0 spiro atoms. The monoisotopic (exact) mass is 405 g/mol. The van der Waals surface area contributed by atoms with E-state index in [0.29, 0.717) is 6.42 Å². The van der Waals surface area contributed by atoms with Crippen LogP contribution in [0.5, 0.6) is 0 Å². The van der Waals surface area contributed by atoms with Gasteiger partial charge in [-0.15, -0.1) is 6.58 Å². The number of sulfonamides is 1. The molecule has 0 amide bonds. The molecular weight excluding hydrogens is 378 g/mol. The lowest BCUT2D eigenvalue weighted by Gasteiger charge is -2.23. The fourth-order valence-electron chi connectivity index (χ4n) is 2.50. The van der Waals surface area contributed by atoms with Crippen molar-refractivity contribution in [3.63, 3.8) is 0 Å². The number of aliphatic hydroxyl groups excluding tert-OH is 1. The van der Waals surface area contributed by atoms with E-state index in [1.165, 1.54) is 19.1 Å². The van der Waals surface area contributed by atoms with Crippen LogP contribution in [0.4, 0.5) is 0 Å². The summed E-state index contributed by atoms with van der Waals surface area (Å²) in [5.41, 5.74) is 0.927. The third kappa shape index (κ3) is 7.16. The molecule has 0 unspecified atom stereocenters. The zero-order valence-electron chi connectivity index (χ0n) is 15.0. The smallest absolute Gasteiger partial charge is 0.296 e. The Labute approximate surface area is 156 Å². The van der Waals surface area contributed by atoms with Gasteiger partial charge < -0.3 is 5.11 Å². The highest BCUT2D eigenvalue weighted by atomic mass is 32.2. The Hall–Kier alpha value is -1.26. The Balaban J connectivity index is 2.60. The van der Waals surface area contributed by atoms with Gasteiger partial charge in [-0.2, -0.15) is 8.42 Å². The topological polar surface area (TPSA) is 124 Å². The van der Waals surface area contributed by atoms with Gasteiger partial charge in [-0.3, -0.25) is 4.18 Å². The molecule has 148 valence electrons. The van der Waals surface area contributed by atoms with Gasteiger partial charge >= 0.3 is 0 Å². The summed E-state index contributed by atoms with van der Waals surface area (Å²) in [6.07, 6.45) is 1.22. The summed E-state index contributed by atoms with van der Waals surface area (Å²) in [6.45, 7) is 6.70. The second kappa shape index (κ2) is 9.61. The Morgan fingerprint density at radius 2 is 1.81 bits per heavy atom. The Bertz CT molecular complexity index is 787. The maximum Gasteiger partial charge on any atom is 0.296 e. The molecule has 0 fully saturated rings. The molecule has 0 aliphatic carbocycles. The van der Waals surface area contributed by atoms with Crippen molar-refractivity contribution < 1.29 is 26.1 Å². The molecule has 0 bridgehead atoms. The zero-order valence-corrected chi connectivity index (χ0v) is 16.7. The molecule has 0 aromatic heterocycles. The highest BCUT2D eigenvalue weighted by Crippen LogP contribution is 2.22. The van der Waals surface area contributed by atoms with Crippen LogP contribution in [0.25, 0.3) is 0 Å². The second-order valence-electron chi connectivity index (χ2n) is 6.35. The number of rotatable bonds is 11. The average molecular weight is 406 g/mol. The van der Waals surface area contributed by atoms with Crippen LogP contribution in [0.2, 0.25) is 0 Å². The number of hydrogen-bond acceptors (Lipinski definition) is 6. The molecule has 1 aromatic carbocycles. The van der Waals surface area contributed by atoms with Crippen LogP contribution in [0.3, 0.4) is 0 Å². The molecule has 0 radical (unpaired) electrons. The van der Waals surface area contributed by atoms with Crippen molar-refractivity contribution in [2.75, 3.05) is 6.61 Å². The number of nitrogens with two attached hydrogens (primary N) is 1. The standard InChI is InChI=1S/C17H27NO6S2/c1-4-5-15(14(3)25(18,20)21)12-16(19)10-11-24-26(22,23)17-8-6-13(2)7-9-17/h4,6-9,14-16,19H,1,5,10-12H2,2-3H3,(H2,18,20,21)/t14-,15-,16+/m0/s1. The van der Waals surface area contributed by atoms with Crippen molar-refractivity contribution in [1.29, 1.82) is 0 Å². The molecule has 3 N–H and O–H groups in total. The molecule has 1 rings (SSSR count). The Kier molecular flexibility index (Phi) is 8.42. The van der Waals surface area contributed by atoms with Crippen LogP contribution in [-0.2, 0) is 24.3 Å². The normalized spacial score (nSPS) is 16.0. The van der Waals surface area contributed by atoms with Crippen molar-refractivity contribution in [2.45, 2.75) is 49.4 Å². The molecule has 0 aliphatic heterocycles. The predicted octanol–water partition coefficient (Wildman–Crippen LogP) is 1.71. The van der Waals surface area contributed by atoms with Crippen molar-refractivity contribution >= 4 is 20.1 Å². The van der Waals surface area contributed by atoms with Gasteiger partial charge in [0.15, 0.2) is 0 Å². The highest BCUT2D eigenvalue weighted by Gasteiger charge is 2.27. The fourth-order valence-corrected chi connectivity index (χ4v) is 4.18. The van der Waals surface area contributed by atoms with E-state index in [1.807, 2.05) is 6.92 Å². The molecule has 0 heterocycles. The van der Waals surface area contributed by atoms with Gasteiger partial charge in [-0.05, 0) is 51.2 Å². The third-order valence-electron chi connectivity index (χ3n) is 4.23. The Morgan fingerprint density at radius 3 is 2.31 bits per heavy atom. The van der Waals surface area contributed by atoms with E-state index in [2.05, 4.69) is 6.58 Å². The summed E-state index contributed by atoms with van der Waals surface area (Å²) in [4.78, 5) is 0.0463. The van der Waals surface area contributed by atoms with Crippen LogP contribution in [-0.4, -0.2) is 39.9 Å². The first-order chi connectivity index (χ1) is 12.0. The summed E-state index contributed by atoms with van der Waals surface area (Å²) < 4.78 is 52.1. The maximum absolute atomic E-state index is 12.1. The van der Waals surface area contributed by atoms with E-state index >= 15 is 0 Å². The highest BCUT2D eigenvalue weighted by molar-refractivity contribution is 7.89. The first-order valence-corrected chi connectivity index (χ1v) is 11.3. The van der Waals surface area contributed by atoms with Crippen molar-refractivity contribution in [1.82, 2.24) is 0 Å². The molecular formula is C17H27NO6S2. The molecule has 0 saturated heterocycles. The van der Waals surface area contributed by atoms with Gasteiger partial charge in [-0.1, -0.05) is 23.8 Å². The number of allylic oxidation sites excluding steroid dienone is 1. The lowest BCUT2D eigenvalue weighted by Crippen LogP contribution is -2.34. The average Bonchev–Trinajstić information content (AvgIpc) is 2.53. The van der Waals surface area contributed by atoms with E-state index in [-0.39, 0.29) is 24.3 Å². The summed E-state index contributed by atoms with van der Waals surface area (Å²) in [7, 11) is -7.63. The maximum atomic E-state index is 12.1. The predicted molar refractivity (Wildman–Crippen MR) is 100 cm³/mol. The van der Waals surface area contributed by atoms with E-state index < -0.39 is 37.4 Å². The van der Waals surface area contributed by atoms with E-state index in [1.54, 1.807) is 18.2 Å². The number of benzene rings is 1. The fraction of sp³-hybridized carbons (Fsp3) is 0.529. The molecule has 3 atom stereocenters. The molecule has 9 heteroatoms. The quantitative estimate of drug-likeness (QED) is 0.427. The van der Waals surface area contributed by atoms with Crippen LogP contribution in [0, 0.1) is 12.8 Å². The third-order valence-corrected chi connectivity index (χ3v) is 6.97. The summed E-state index contributed by atoms with van der Waals surface area (Å²) in [5.74, 6) is -0.411. The lowest BCUT2D eigenvalue weighted by atomic mass is 9.94. The number of aliphatic hydroxyl groups is 1. The number of aryl methyl sites for hydroxylation is 1. The summed E-state index contributed by atoms with van der Waals surface area (Å²) in [6, 6.07) is 6.24. The molecule has 0 aliphatic rings. The molecule has 7 nitrogen and oxygen atoms in total. The van der Waals surface area contributed by atoms with Gasteiger partial charge in [0.1, 0.15) is 0 Å². The van der Waals surface area contributed by atoms with Crippen LogP contribution >= 0.6 is 0 Å². The van der Waals surface area contributed by atoms with Crippen molar-refractivity contribution in [3.05, 3.63) is 42.5 Å². The molecule has 1 aromatic rings. The van der Waals surface area contributed by atoms with Crippen LogP contribution in [0.1, 0.15) is 31.7 Å². The van der Waals surface area contributed by atoms with Gasteiger partial charge in [-0.25, -0.2) is 13.6 Å². The van der Waals surface area contributed by atoms with Crippen molar-refractivity contribution in [3.8, 4) is 0 Å². The van der Waals surface area contributed by atoms with Gasteiger partial charge in [0.2, 0.25) is 10.0 Å². The summed E-state index contributed by atoms with van der Waals surface area (Å²) >= 11 is 0. The Morgan fingerprint density at radius 1 is 1.23 bits per heavy atom. The first-order valence-electron chi connectivity index (χ1n) is 8.24. The molecule has 0 saturated carbocycles. The summed E-state index contributed by atoms with van der Waals surface area (Å²) in [5, 5.41) is 14.4. The van der Waals surface area contributed by atoms with E-state index in [9.17, 15) is 21.9 Å². The number of primary sulfonamides is 1. The van der Waals surface area contributed by atoms with E-state index in [0.717, 1.165) is 5.56 Å². The minimum absolute atomic E-state index is 0.0463. The van der Waals surface area contributed by atoms with E-state index in [4.69, 9.17) is 9.32 Å². The lowest BCUT2D eigenvalue weighted by molar-refractivity contribution is 0.114. The largest absolute Gasteiger partial charge is 0.393 e. The first kappa shape index (κ1) is 22.8. The van der Waals surface area contributed by atoms with Gasteiger partial charge in [0, 0.05) is 0 Å². The van der Waals surface area contributed by atoms with Crippen LogP contribution < -0.4 is 5.14 Å². The van der Waals surface area contributed by atoms with Crippen molar-refractivity contribution in [2.24, 2.45) is 11.1 Å². The van der Waals surface area contributed by atoms with Gasteiger partial charge in [0.25, 0.3) is 10.1 Å². The second-order valence-corrected chi connectivity index (χ2v) is 9.88. The number of hydrogen-bond donors (Lipinski definition) is 2. The minimum Gasteiger partial charge on any atom is -0.393 e. The van der Waals surface area contributed by atoms with Crippen LogP contribution in [0.15, 0.2) is 41.8 Å². The van der Waals surface area contributed by atoms with Gasteiger partial charge in [0.05, 0.1) is 22.9 Å². The SMILES string of the molecule is C=CC[C@@H](C[C@H](O)CCOS(=O)(=O)c1ccc(C)cc1)[C@H](C)S(N)(=O)=O. The zero-order chi connectivity index (χ0) is 20.0. The molecule has 26 heavy (non-hydrogen) atoms.